The fraction of sp³-hybridized carbons (Fsp3) is 0.600. The molecular weight excluding hydrogens is 424 g/mol. The summed E-state index contributed by atoms with van der Waals surface area (Å²) in [4.78, 5) is 4.80. The number of sulfonamides is 1. The number of piperidine rings is 1. The van der Waals surface area contributed by atoms with Gasteiger partial charge in [0.1, 0.15) is 11.7 Å². The first-order chi connectivity index (χ1) is 14.3. The summed E-state index contributed by atoms with van der Waals surface area (Å²) in [6.45, 7) is 3.68. The number of rotatable bonds is 4. The van der Waals surface area contributed by atoms with E-state index in [1.165, 1.54) is 11.8 Å². The van der Waals surface area contributed by atoms with Crippen LogP contribution in [-0.4, -0.2) is 85.3 Å². The number of halogens is 1. The molecule has 1 aromatic rings. The smallest absolute Gasteiger partial charge is 0.211 e. The van der Waals surface area contributed by atoms with Crippen LogP contribution in [0.5, 0.6) is 0 Å². The molecule has 0 bridgehead atoms. The third-order valence-electron chi connectivity index (χ3n) is 6.28. The van der Waals surface area contributed by atoms with Crippen molar-refractivity contribution in [3.05, 3.63) is 34.9 Å². The van der Waals surface area contributed by atoms with Crippen molar-refractivity contribution in [1.29, 1.82) is 0 Å². The van der Waals surface area contributed by atoms with Gasteiger partial charge in [-0.05, 0) is 37.0 Å². The van der Waals surface area contributed by atoms with E-state index in [-0.39, 0.29) is 6.04 Å². The highest BCUT2D eigenvalue weighted by atomic mass is 35.5. The molecule has 4 rings (SSSR count). The Morgan fingerprint density at radius 2 is 1.80 bits per heavy atom. The first kappa shape index (κ1) is 21.5. The van der Waals surface area contributed by atoms with E-state index in [1.54, 1.807) is 4.31 Å². The van der Waals surface area contributed by atoms with Gasteiger partial charge >= 0.3 is 0 Å². The van der Waals surface area contributed by atoms with Crippen molar-refractivity contribution < 1.29 is 8.42 Å². The molecule has 2 fully saturated rings. The number of amidine groups is 2. The lowest BCUT2D eigenvalue weighted by Gasteiger charge is -2.47. The van der Waals surface area contributed by atoms with Gasteiger partial charge in [-0.2, -0.15) is 4.31 Å². The van der Waals surface area contributed by atoms with Crippen molar-refractivity contribution in [2.45, 2.75) is 37.8 Å². The molecule has 1 aromatic carbocycles. The monoisotopic (exact) mass is 452 g/mol. The van der Waals surface area contributed by atoms with Crippen LogP contribution in [0.15, 0.2) is 34.5 Å². The average molecular weight is 453 g/mol. The summed E-state index contributed by atoms with van der Waals surface area (Å²) in [5.74, 6) is 1.54. The molecule has 0 aliphatic carbocycles. The molecule has 0 amide bonds. The molecule has 164 valence electrons. The second-order valence-corrected chi connectivity index (χ2v) is 10.8. The van der Waals surface area contributed by atoms with Crippen LogP contribution in [0.3, 0.4) is 0 Å². The van der Waals surface area contributed by atoms with Crippen LogP contribution in [0.25, 0.3) is 0 Å². The Bertz CT molecular complexity index is 925. The standard InChI is InChI=1S/C20H29ClN6O2S/c1-30(28,29)26-10-11-27(18(14-26)12-15-2-4-16(21)5-3-15)17-6-8-25(9-7-17)20-13-19(22)23-24-20/h2-5,17-18H,6-14H2,1H3,(H2,22,23). The molecule has 1 unspecified atom stereocenters. The van der Waals surface area contributed by atoms with Gasteiger partial charge in [-0.1, -0.05) is 23.7 Å². The topological polar surface area (TPSA) is 94.6 Å². The van der Waals surface area contributed by atoms with E-state index in [2.05, 4.69) is 20.0 Å². The zero-order valence-electron chi connectivity index (χ0n) is 17.2. The molecule has 0 saturated carbocycles. The van der Waals surface area contributed by atoms with Crippen molar-refractivity contribution in [3.63, 3.8) is 0 Å². The Balaban J connectivity index is 1.44. The van der Waals surface area contributed by atoms with E-state index >= 15 is 0 Å². The zero-order chi connectivity index (χ0) is 21.3. The maximum absolute atomic E-state index is 12.2. The van der Waals surface area contributed by atoms with Gasteiger partial charge in [-0.25, -0.2) is 8.42 Å². The van der Waals surface area contributed by atoms with E-state index in [9.17, 15) is 8.42 Å². The van der Waals surface area contributed by atoms with Gasteiger partial charge in [0.2, 0.25) is 10.0 Å². The molecule has 0 aromatic heterocycles. The minimum absolute atomic E-state index is 0.147. The predicted octanol–water partition coefficient (Wildman–Crippen LogP) is 1.37. The van der Waals surface area contributed by atoms with Crippen LogP contribution in [-0.2, 0) is 16.4 Å². The molecule has 3 aliphatic rings. The average Bonchev–Trinajstić information content (AvgIpc) is 3.15. The number of hydrogen-bond acceptors (Lipinski definition) is 7. The van der Waals surface area contributed by atoms with Crippen LogP contribution >= 0.6 is 11.6 Å². The van der Waals surface area contributed by atoms with Crippen LogP contribution in [0.4, 0.5) is 0 Å². The van der Waals surface area contributed by atoms with Crippen molar-refractivity contribution in [1.82, 2.24) is 14.1 Å². The van der Waals surface area contributed by atoms with Crippen molar-refractivity contribution in [3.8, 4) is 0 Å². The number of benzene rings is 1. The van der Waals surface area contributed by atoms with Crippen molar-refractivity contribution in [2.75, 3.05) is 39.0 Å². The Morgan fingerprint density at radius 3 is 2.40 bits per heavy atom. The summed E-state index contributed by atoms with van der Waals surface area (Å²) in [6.07, 6.45) is 4.79. The summed E-state index contributed by atoms with van der Waals surface area (Å²) in [5, 5.41) is 8.87. The van der Waals surface area contributed by atoms with E-state index < -0.39 is 10.0 Å². The maximum Gasteiger partial charge on any atom is 0.211 e. The van der Waals surface area contributed by atoms with Crippen LogP contribution in [0.1, 0.15) is 24.8 Å². The summed E-state index contributed by atoms with van der Waals surface area (Å²) in [5.41, 5.74) is 6.94. The van der Waals surface area contributed by atoms with Crippen molar-refractivity contribution in [2.24, 2.45) is 15.9 Å². The summed E-state index contributed by atoms with van der Waals surface area (Å²) < 4.78 is 26.0. The third kappa shape index (κ3) is 4.96. The number of likely N-dealkylation sites (tertiary alicyclic amines) is 1. The van der Waals surface area contributed by atoms with Crippen LogP contribution < -0.4 is 5.73 Å². The molecule has 10 heteroatoms. The Kier molecular flexibility index (Phi) is 6.34. The molecule has 2 saturated heterocycles. The zero-order valence-corrected chi connectivity index (χ0v) is 18.8. The van der Waals surface area contributed by atoms with E-state index in [0.717, 1.165) is 44.7 Å². The highest BCUT2D eigenvalue weighted by Crippen LogP contribution is 2.26. The Labute approximate surface area is 183 Å². The molecule has 0 radical (unpaired) electrons. The molecule has 8 nitrogen and oxygen atoms in total. The van der Waals surface area contributed by atoms with Crippen LogP contribution in [0, 0.1) is 0 Å². The van der Waals surface area contributed by atoms with Gasteiger partial charge in [0.15, 0.2) is 0 Å². The summed E-state index contributed by atoms with van der Waals surface area (Å²) >= 11 is 6.04. The first-order valence-electron chi connectivity index (χ1n) is 10.4. The van der Waals surface area contributed by atoms with Gasteiger partial charge in [0.25, 0.3) is 0 Å². The highest BCUT2D eigenvalue weighted by molar-refractivity contribution is 7.88. The first-order valence-corrected chi connectivity index (χ1v) is 12.6. The molecule has 2 N–H and O–H groups in total. The fourth-order valence-electron chi connectivity index (χ4n) is 4.68. The molecule has 3 heterocycles. The summed E-state index contributed by atoms with van der Waals surface area (Å²) in [7, 11) is -3.20. The highest BCUT2D eigenvalue weighted by Gasteiger charge is 2.36. The van der Waals surface area contributed by atoms with Gasteiger partial charge in [-0.15, -0.1) is 10.2 Å². The lowest BCUT2D eigenvalue weighted by molar-refractivity contribution is 0.0480. The maximum atomic E-state index is 12.2. The van der Waals surface area contributed by atoms with Gasteiger partial charge in [-0.3, -0.25) is 4.90 Å². The Hall–Kier alpha value is -1.68. The van der Waals surface area contributed by atoms with E-state index in [0.29, 0.717) is 36.4 Å². The minimum Gasteiger partial charge on any atom is -0.385 e. The molecular formula is C20H29ClN6O2S. The number of piperazine rings is 1. The largest absolute Gasteiger partial charge is 0.385 e. The van der Waals surface area contributed by atoms with Gasteiger partial charge in [0.05, 0.1) is 12.7 Å². The predicted molar refractivity (Wildman–Crippen MR) is 120 cm³/mol. The lowest BCUT2D eigenvalue weighted by atomic mass is 9.96. The quantitative estimate of drug-likeness (QED) is 0.744. The van der Waals surface area contributed by atoms with Crippen LogP contribution in [0.2, 0.25) is 5.02 Å². The second kappa shape index (κ2) is 8.82. The normalized spacial score (nSPS) is 24.7. The van der Waals surface area contributed by atoms with Gasteiger partial charge in [0, 0.05) is 49.8 Å². The molecule has 0 spiro atoms. The van der Waals surface area contributed by atoms with Gasteiger partial charge < -0.3 is 10.6 Å². The third-order valence-corrected chi connectivity index (χ3v) is 7.80. The number of nitrogens with two attached hydrogens (primary N) is 1. The summed E-state index contributed by atoms with van der Waals surface area (Å²) in [6, 6.07) is 8.44. The molecule has 3 aliphatic heterocycles. The molecule has 1 atom stereocenters. The second-order valence-electron chi connectivity index (χ2n) is 8.35. The number of nitrogens with zero attached hydrogens (tertiary/aromatic N) is 5. The Morgan fingerprint density at radius 1 is 1.10 bits per heavy atom. The lowest BCUT2D eigenvalue weighted by Crippen LogP contribution is -2.60. The minimum atomic E-state index is -3.20. The molecule has 30 heavy (non-hydrogen) atoms. The van der Waals surface area contributed by atoms with E-state index in [4.69, 9.17) is 17.3 Å². The SMILES string of the molecule is CS(=O)(=O)N1CCN(C2CCN(C3=NN=C(N)C3)CC2)C(Cc2ccc(Cl)cc2)C1. The van der Waals surface area contributed by atoms with Crippen molar-refractivity contribution >= 4 is 33.3 Å². The van der Waals surface area contributed by atoms with E-state index in [1.807, 2.05) is 24.3 Å². The number of hydrogen-bond donors (Lipinski definition) is 1. The fourth-order valence-corrected chi connectivity index (χ4v) is 5.66.